The van der Waals surface area contributed by atoms with E-state index in [0.717, 1.165) is 0 Å². The van der Waals surface area contributed by atoms with Gasteiger partial charge in [0.1, 0.15) is 6.10 Å². The molecule has 0 radical (unpaired) electrons. The second kappa shape index (κ2) is 11.2. The van der Waals surface area contributed by atoms with E-state index in [1.807, 2.05) is 4.90 Å². The highest BCUT2D eigenvalue weighted by Crippen LogP contribution is 2.19. The molecule has 0 unspecified atom stereocenters. The van der Waals surface area contributed by atoms with Crippen LogP contribution in [0, 0.1) is 5.92 Å². The average Bonchev–Trinajstić information content (AvgIpc) is 2.76. The van der Waals surface area contributed by atoms with E-state index in [1.54, 1.807) is 16.9 Å². The highest BCUT2D eigenvalue weighted by molar-refractivity contribution is 5.81. The minimum Gasteiger partial charge on any atom is -0.390 e. The van der Waals surface area contributed by atoms with Gasteiger partial charge in [-0.3, -0.25) is 14.5 Å². The van der Waals surface area contributed by atoms with Crippen molar-refractivity contribution < 1.29 is 33.6 Å². The lowest BCUT2D eigenvalue weighted by atomic mass is 9.95. The van der Waals surface area contributed by atoms with Gasteiger partial charge in [0.15, 0.2) is 0 Å². The summed E-state index contributed by atoms with van der Waals surface area (Å²) in [4.78, 5) is 30.9. The zero-order chi connectivity index (χ0) is 20.6. The molecule has 3 rings (SSSR count). The number of hydrogen-bond acceptors (Lipinski definition) is 8. The van der Waals surface area contributed by atoms with Crippen LogP contribution in [-0.2, 0) is 28.5 Å². The SMILES string of the molecule is CO[C@@H]1COC[C@@H](CN(CC(=O)N2CCOCC2)CC(=O)N2CCOCC2)[C@@H]1O. The molecule has 10 nitrogen and oxygen atoms in total. The first kappa shape index (κ1) is 22.4. The minimum absolute atomic E-state index is 0.0300. The van der Waals surface area contributed by atoms with Crippen LogP contribution in [0.4, 0.5) is 0 Å². The van der Waals surface area contributed by atoms with Crippen molar-refractivity contribution >= 4 is 11.8 Å². The molecule has 0 bridgehead atoms. The zero-order valence-corrected chi connectivity index (χ0v) is 17.2. The number of morpholine rings is 2. The standard InChI is InChI=1S/C19H33N3O7/c1-26-16-14-29-13-15(19(16)25)10-20(11-17(23)21-2-6-27-7-3-21)12-18(24)22-4-8-28-9-5-22/h15-16,19,25H,2-14H2,1H3/t15-,16-,19+/m1/s1. The maximum Gasteiger partial charge on any atom is 0.236 e. The van der Waals surface area contributed by atoms with Crippen molar-refractivity contribution in [1.82, 2.24) is 14.7 Å². The van der Waals surface area contributed by atoms with Crippen LogP contribution in [0.25, 0.3) is 0 Å². The molecule has 0 saturated carbocycles. The smallest absolute Gasteiger partial charge is 0.236 e. The van der Waals surface area contributed by atoms with Crippen molar-refractivity contribution in [3.63, 3.8) is 0 Å². The number of nitrogens with zero attached hydrogens (tertiary/aromatic N) is 3. The summed E-state index contributed by atoms with van der Waals surface area (Å²) in [5.74, 6) is -0.293. The Kier molecular flexibility index (Phi) is 8.64. The number of rotatable bonds is 7. The number of methoxy groups -OCH3 is 1. The summed E-state index contributed by atoms with van der Waals surface area (Å²) >= 11 is 0. The summed E-state index contributed by atoms with van der Waals surface area (Å²) in [6, 6.07) is 0. The first-order valence-electron chi connectivity index (χ1n) is 10.3. The first-order valence-corrected chi connectivity index (χ1v) is 10.3. The molecule has 1 N–H and O–H groups in total. The quantitative estimate of drug-likeness (QED) is 0.511. The molecule has 3 heterocycles. The molecular formula is C19H33N3O7. The van der Waals surface area contributed by atoms with Gasteiger partial charge in [0, 0.05) is 45.8 Å². The van der Waals surface area contributed by atoms with E-state index < -0.39 is 12.2 Å². The van der Waals surface area contributed by atoms with Gasteiger partial charge in [-0.2, -0.15) is 0 Å². The molecule has 166 valence electrons. The van der Waals surface area contributed by atoms with Gasteiger partial charge in [0.05, 0.1) is 58.8 Å². The van der Waals surface area contributed by atoms with E-state index in [4.69, 9.17) is 18.9 Å². The molecule has 0 aromatic heterocycles. The Balaban J connectivity index is 1.62. The number of aliphatic hydroxyl groups is 1. The van der Waals surface area contributed by atoms with Crippen LogP contribution >= 0.6 is 0 Å². The van der Waals surface area contributed by atoms with Gasteiger partial charge in [-0.05, 0) is 0 Å². The summed E-state index contributed by atoms with van der Waals surface area (Å²) in [7, 11) is 1.54. The van der Waals surface area contributed by atoms with Crippen LogP contribution in [0.1, 0.15) is 0 Å². The minimum atomic E-state index is -0.701. The second-order valence-electron chi connectivity index (χ2n) is 7.72. The van der Waals surface area contributed by atoms with Crippen molar-refractivity contribution in [2.45, 2.75) is 12.2 Å². The molecular weight excluding hydrogens is 382 g/mol. The molecule has 3 saturated heterocycles. The summed E-state index contributed by atoms with van der Waals surface area (Å²) in [5.41, 5.74) is 0. The van der Waals surface area contributed by atoms with Crippen molar-refractivity contribution in [1.29, 1.82) is 0 Å². The van der Waals surface area contributed by atoms with Gasteiger partial charge in [-0.25, -0.2) is 0 Å². The number of carbonyl (C=O) groups is 2. The Morgan fingerprint density at radius 1 is 0.931 bits per heavy atom. The van der Waals surface area contributed by atoms with Crippen LogP contribution in [0.15, 0.2) is 0 Å². The Bertz CT molecular complexity index is 506. The molecule has 29 heavy (non-hydrogen) atoms. The fourth-order valence-electron chi connectivity index (χ4n) is 3.93. The van der Waals surface area contributed by atoms with E-state index in [9.17, 15) is 14.7 Å². The molecule has 0 aromatic rings. The molecule has 0 aliphatic carbocycles. The third-order valence-corrected chi connectivity index (χ3v) is 5.72. The Morgan fingerprint density at radius 3 is 1.93 bits per heavy atom. The zero-order valence-electron chi connectivity index (χ0n) is 17.2. The van der Waals surface area contributed by atoms with Gasteiger partial charge in [-0.15, -0.1) is 0 Å². The number of carbonyl (C=O) groups excluding carboxylic acids is 2. The fraction of sp³-hybridized carbons (Fsp3) is 0.895. The first-order chi connectivity index (χ1) is 14.1. The van der Waals surface area contributed by atoms with E-state index >= 15 is 0 Å². The number of amides is 2. The van der Waals surface area contributed by atoms with Crippen LogP contribution in [0.2, 0.25) is 0 Å². The van der Waals surface area contributed by atoms with E-state index in [1.165, 1.54) is 0 Å². The van der Waals surface area contributed by atoms with E-state index in [0.29, 0.717) is 72.4 Å². The number of ether oxygens (including phenoxy) is 4. The lowest BCUT2D eigenvalue weighted by Crippen LogP contribution is -2.54. The van der Waals surface area contributed by atoms with E-state index in [2.05, 4.69) is 0 Å². The normalized spacial score (nSPS) is 28.6. The Morgan fingerprint density at radius 2 is 1.45 bits per heavy atom. The molecule has 10 heteroatoms. The van der Waals surface area contributed by atoms with Crippen molar-refractivity contribution in [3.05, 3.63) is 0 Å². The predicted octanol–water partition coefficient (Wildman–Crippen LogP) is -1.97. The van der Waals surface area contributed by atoms with Gasteiger partial charge in [0.25, 0.3) is 0 Å². The fourth-order valence-corrected chi connectivity index (χ4v) is 3.93. The highest BCUT2D eigenvalue weighted by Gasteiger charge is 2.35. The topological polar surface area (TPSA) is 101 Å². The van der Waals surface area contributed by atoms with E-state index in [-0.39, 0.29) is 30.8 Å². The van der Waals surface area contributed by atoms with Crippen LogP contribution in [0.3, 0.4) is 0 Å². The second-order valence-corrected chi connectivity index (χ2v) is 7.72. The summed E-state index contributed by atoms with van der Waals surface area (Å²) in [6.07, 6.45) is -1.10. The Hall–Kier alpha value is -1.30. The highest BCUT2D eigenvalue weighted by atomic mass is 16.5. The molecule has 3 atom stereocenters. The monoisotopic (exact) mass is 415 g/mol. The van der Waals surface area contributed by atoms with Crippen LogP contribution < -0.4 is 0 Å². The molecule has 3 aliphatic heterocycles. The van der Waals surface area contributed by atoms with Gasteiger partial charge >= 0.3 is 0 Å². The third kappa shape index (κ3) is 6.34. The molecule has 3 aliphatic rings. The third-order valence-electron chi connectivity index (χ3n) is 5.72. The maximum absolute atomic E-state index is 12.8. The van der Waals surface area contributed by atoms with Gasteiger partial charge in [-0.1, -0.05) is 0 Å². The maximum atomic E-state index is 12.8. The molecule has 0 aromatic carbocycles. The number of hydrogen-bond donors (Lipinski definition) is 1. The lowest BCUT2D eigenvalue weighted by molar-refractivity contribution is -0.148. The average molecular weight is 415 g/mol. The van der Waals surface area contributed by atoms with Gasteiger partial charge < -0.3 is 33.9 Å². The predicted molar refractivity (Wildman–Crippen MR) is 102 cm³/mol. The largest absolute Gasteiger partial charge is 0.390 e. The summed E-state index contributed by atoms with van der Waals surface area (Å²) < 4.78 is 21.5. The summed E-state index contributed by atoms with van der Waals surface area (Å²) in [6.45, 7) is 5.70. The van der Waals surface area contributed by atoms with Crippen LogP contribution in [-0.4, -0.2) is 136 Å². The van der Waals surface area contributed by atoms with Crippen molar-refractivity contribution in [2.75, 3.05) is 92.6 Å². The summed E-state index contributed by atoms with van der Waals surface area (Å²) in [5, 5.41) is 10.6. The lowest BCUT2D eigenvalue weighted by Gasteiger charge is -2.38. The van der Waals surface area contributed by atoms with Crippen LogP contribution in [0.5, 0.6) is 0 Å². The molecule has 3 fully saturated rings. The molecule has 2 amide bonds. The van der Waals surface area contributed by atoms with Crippen molar-refractivity contribution in [3.8, 4) is 0 Å². The van der Waals surface area contributed by atoms with Crippen molar-refractivity contribution in [2.24, 2.45) is 5.92 Å². The van der Waals surface area contributed by atoms with Gasteiger partial charge in [0.2, 0.25) is 11.8 Å². The number of aliphatic hydroxyl groups excluding tert-OH is 1. The Labute approximate surface area is 171 Å². The molecule has 0 spiro atoms.